The summed E-state index contributed by atoms with van der Waals surface area (Å²) in [7, 11) is 0. The summed E-state index contributed by atoms with van der Waals surface area (Å²) in [5.41, 5.74) is 3.29. The number of allylic oxidation sites excluding steroid dienone is 2. The van der Waals surface area contributed by atoms with Crippen molar-refractivity contribution in [3.63, 3.8) is 0 Å². The van der Waals surface area contributed by atoms with Crippen molar-refractivity contribution in [2.45, 2.75) is 132 Å². The number of fused-ring (bicyclic) bond motifs is 7. The van der Waals surface area contributed by atoms with E-state index >= 15 is 0 Å². The summed E-state index contributed by atoms with van der Waals surface area (Å²) in [6, 6.07) is 10.4. The molecule has 0 radical (unpaired) electrons. The number of Topliss-reactive ketones (excluding diaryl/α,β-unsaturated/α-hetero) is 2. The lowest BCUT2D eigenvalue weighted by Crippen LogP contribution is -2.65. The minimum absolute atomic E-state index is 0.0547. The van der Waals surface area contributed by atoms with E-state index in [2.05, 4.69) is 79.7 Å². The molecule has 5 aliphatic carbocycles. The predicted molar refractivity (Wildman–Crippen MR) is 170 cm³/mol. The van der Waals surface area contributed by atoms with Gasteiger partial charge < -0.3 is 5.11 Å². The third-order valence-corrected chi connectivity index (χ3v) is 14.8. The Hall–Kier alpha value is -1.74. The Morgan fingerprint density at radius 3 is 2.21 bits per heavy atom. The number of rotatable bonds is 5. The van der Waals surface area contributed by atoms with Crippen molar-refractivity contribution >= 4 is 11.6 Å². The zero-order valence-electron chi connectivity index (χ0n) is 27.7. The summed E-state index contributed by atoms with van der Waals surface area (Å²) >= 11 is 0. The van der Waals surface area contributed by atoms with Gasteiger partial charge in [-0.3, -0.25) is 9.59 Å². The number of carbonyl (C=O) groups excluding carboxylic acids is 2. The molecule has 0 bridgehead atoms. The highest BCUT2D eigenvalue weighted by Gasteiger charge is 2.70. The summed E-state index contributed by atoms with van der Waals surface area (Å²) in [5.74, 6) is 2.30. The Morgan fingerprint density at radius 1 is 0.857 bits per heavy atom. The topological polar surface area (TPSA) is 54.4 Å². The lowest BCUT2D eigenvalue weighted by atomic mass is 9.33. The van der Waals surface area contributed by atoms with Crippen molar-refractivity contribution in [1.29, 1.82) is 0 Å². The molecule has 0 amide bonds. The van der Waals surface area contributed by atoms with E-state index in [1.165, 1.54) is 30.4 Å². The Labute approximate surface area is 255 Å². The van der Waals surface area contributed by atoms with E-state index in [-0.39, 0.29) is 45.4 Å². The number of benzene rings is 1. The maximum Gasteiger partial charge on any atom is 0.160 e. The first-order valence-corrected chi connectivity index (χ1v) is 17.2. The third-order valence-electron chi connectivity index (χ3n) is 14.8. The molecule has 0 spiro atoms. The minimum Gasteiger partial charge on any atom is -0.393 e. The molecule has 3 nitrogen and oxygen atoms in total. The first kappa shape index (κ1) is 30.3. The summed E-state index contributed by atoms with van der Waals surface area (Å²) in [6.45, 7) is 18.9. The van der Waals surface area contributed by atoms with Crippen LogP contribution in [0.3, 0.4) is 0 Å². The maximum absolute atomic E-state index is 14.6. The van der Waals surface area contributed by atoms with Gasteiger partial charge in [0, 0.05) is 12.8 Å². The first-order chi connectivity index (χ1) is 19.6. The van der Waals surface area contributed by atoms with E-state index in [1.54, 1.807) is 0 Å². The minimum atomic E-state index is -0.606. The highest BCUT2D eigenvalue weighted by atomic mass is 16.3. The average Bonchev–Trinajstić information content (AvgIpc) is 3.25. The molecule has 4 fully saturated rings. The molecular formula is C39H56O3. The fourth-order valence-electron chi connectivity index (χ4n) is 12.3. The molecule has 3 heteroatoms. The van der Waals surface area contributed by atoms with E-state index in [0.29, 0.717) is 36.4 Å². The summed E-state index contributed by atoms with van der Waals surface area (Å²) in [4.78, 5) is 28.5. The van der Waals surface area contributed by atoms with Crippen molar-refractivity contribution in [2.24, 2.45) is 50.7 Å². The molecule has 0 heterocycles. The zero-order valence-corrected chi connectivity index (χ0v) is 27.7. The lowest BCUT2D eigenvalue weighted by molar-refractivity contribution is -0.228. The molecule has 4 saturated carbocycles. The average molecular weight is 573 g/mol. The predicted octanol–water partition coefficient (Wildman–Crippen LogP) is 9.09. The molecule has 230 valence electrons. The molecule has 42 heavy (non-hydrogen) atoms. The second-order valence-corrected chi connectivity index (χ2v) is 17.1. The molecule has 5 aliphatic rings. The van der Waals surface area contributed by atoms with Crippen LogP contribution in [0.15, 0.2) is 41.5 Å². The van der Waals surface area contributed by atoms with E-state index in [9.17, 15) is 14.7 Å². The Balaban J connectivity index is 1.40. The quantitative estimate of drug-likeness (QED) is 0.383. The van der Waals surface area contributed by atoms with E-state index in [1.807, 2.05) is 6.07 Å². The SMILES string of the molecule is CC(C)C1=C2[C@H]3CC[C@@H]4[C@@]5(C)CC[C@H](O)C(C)(C)[C@@H]5CC[C@@]4(C)[C@]3(C)CC[C@@]2(C(=O)CC(C)c2ccccc2)CC1=O. The van der Waals surface area contributed by atoms with Crippen LogP contribution in [0.2, 0.25) is 0 Å². The van der Waals surface area contributed by atoms with Gasteiger partial charge in [0.25, 0.3) is 0 Å². The van der Waals surface area contributed by atoms with Crippen molar-refractivity contribution in [1.82, 2.24) is 0 Å². The van der Waals surface area contributed by atoms with Crippen LogP contribution < -0.4 is 0 Å². The molecular weight excluding hydrogens is 516 g/mol. The first-order valence-electron chi connectivity index (χ1n) is 17.2. The van der Waals surface area contributed by atoms with Gasteiger partial charge in [-0.05, 0) is 119 Å². The Kier molecular flexibility index (Phi) is 7.13. The summed E-state index contributed by atoms with van der Waals surface area (Å²) < 4.78 is 0. The number of hydrogen-bond acceptors (Lipinski definition) is 3. The van der Waals surface area contributed by atoms with Gasteiger partial charge in [-0.15, -0.1) is 0 Å². The molecule has 9 atom stereocenters. The van der Waals surface area contributed by atoms with E-state index < -0.39 is 5.41 Å². The highest BCUT2D eigenvalue weighted by Crippen LogP contribution is 2.76. The van der Waals surface area contributed by atoms with Gasteiger partial charge >= 0.3 is 0 Å². The molecule has 0 aromatic heterocycles. The Bertz CT molecular complexity index is 1290. The van der Waals surface area contributed by atoms with Gasteiger partial charge in [-0.1, -0.05) is 85.7 Å². The smallest absolute Gasteiger partial charge is 0.160 e. The van der Waals surface area contributed by atoms with Crippen molar-refractivity contribution < 1.29 is 14.7 Å². The van der Waals surface area contributed by atoms with E-state index in [4.69, 9.17) is 0 Å². The summed E-state index contributed by atoms with van der Waals surface area (Å²) in [6.07, 6.45) is 9.18. The third kappa shape index (κ3) is 3.93. The van der Waals surface area contributed by atoms with Crippen LogP contribution in [-0.2, 0) is 9.59 Å². The molecule has 1 aromatic carbocycles. The second-order valence-electron chi connectivity index (χ2n) is 17.1. The molecule has 1 aromatic rings. The lowest BCUT2D eigenvalue weighted by Gasteiger charge is -2.72. The molecule has 1 N–H and O–H groups in total. The zero-order chi connectivity index (χ0) is 30.5. The largest absolute Gasteiger partial charge is 0.393 e. The molecule has 6 rings (SSSR count). The number of carbonyl (C=O) groups is 2. The van der Waals surface area contributed by atoms with Crippen molar-refractivity contribution in [3.8, 4) is 0 Å². The number of aliphatic hydroxyl groups is 1. The number of aliphatic hydroxyl groups excluding tert-OH is 1. The molecule has 0 saturated heterocycles. The van der Waals surface area contributed by atoms with Crippen LogP contribution in [-0.4, -0.2) is 22.8 Å². The van der Waals surface area contributed by atoms with Gasteiger partial charge in [-0.25, -0.2) is 0 Å². The van der Waals surface area contributed by atoms with Gasteiger partial charge in [0.05, 0.1) is 11.5 Å². The second kappa shape index (κ2) is 9.88. The molecule has 0 aliphatic heterocycles. The van der Waals surface area contributed by atoms with E-state index in [0.717, 1.165) is 37.7 Å². The van der Waals surface area contributed by atoms with Gasteiger partial charge in [0.15, 0.2) is 5.78 Å². The van der Waals surface area contributed by atoms with Crippen LogP contribution in [0.25, 0.3) is 0 Å². The standard InChI is InChI=1S/C39H56O3/c1-24(2)33-28(40)23-39(32(42)22-25(3)26-12-10-9-11-13-26)21-20-37(7)27(34(33)39)14-15-30-36(6)18-17-31(41)35(4,5)29(36)16-19-38(30,37)8/h9-13,24-25,27,29-31,41H,14-23H2,1-8H3/t25?,27-,29+,30-,31+,36+,37-,38-,39+/m1/s1. The van der Waals surface area contributed by atoms with Crippen molar-refractivity contribution in [2.75, 3.05) is 0 Å². The van der Waals surface area contributed by atoms with Crippen LogP contribution in [0.4, 0.5) is 0 Å². The van der Waals surface area contributed by atoms with Crippen LogP contribution in [0.5, 0.6) is 0 Å². The van der Waals surface area contributed by atoms with Gasteiger partial charge in [-0.2, -0.15) is 0 Å². The Morgan fingerprint density at radius 2 is 1.55 bits per heavy atom. The maximum atomic E-state index is 14.6. The number of hydrogen-bond donors (Lipinski definition) is 1. The fourth-order valence-corrected chi connectivity index (χ4v) is 12.3. The molecule has 1 unspecified atom stereocenters. The fraction of sp³-hybridized carbons (Fsp3) is 0.744. The normalized spacial score (nSPS) is 43.3. The van der Waals surface area contributed by atoms with Gasteiger partial charge in [0.2, 0.25) is 0 Å². The monoisotopic (exact) mass is 572 g/mol. The van der Waals surface area contributed by atoms with Crippen LogP contribution >= 0.6 is 0 Å². The highest BCUT2D eigenvalue weighted by molar-refractivity contribution is 6.07. The summed E-state index contributed by atoms with van der Waals surface area (Å²) in [5, 5.41) is 11.0. The van der Waals surface area contributed by atoms with Gasteiger partial charge in [0.1, 0.15) is 5.78 Å². The van der Waals surface area contributed by atoms with Crippen LogP contribution in [0.1, 0.15) is 131 Å². The van der Waals surface area contributed by atoms with Crippen LogP contribution in [0, 0.1) is 50.7 Å². The van der Waals surface area contributed by atoms with Crippen molar-refractivity contribution in [3.05, 3.63) is 47.0 Å². The number of ketones is 2.